The number of esters is 1. The summed E-state index contributed by atoms with van der Waals surface area (Å²) in [7, 11) is 0. The van der Waals surface area contributed by atoms with Crippen LogP contribution in [0.15, 0.2) is 0 Å². The minimum Gasteiger partial charge on any atom is -0.458 e. The first-order chi connectivity index (χ1) is 13.3. The van der Waals surface area contributed by atoms with E-state index in [1.807, 2.05) is 0 Å². The minimum atomic E-state index is -0.763. The van der Waals surface area contributed by atoms with Gasteiger partial charge < -0.3 is 9.84 Å². The zero-order chi connectivity index (χ0) is 19.3. The van der Waals surface area contributed by atoms with E-state index in [0.717, 1.165) is 38.0 Å². The molecule has 1 spiro atoms. The van der Waals surface area contributed by atoms with Gasteiger partial charge in [-0.25, -0.2) is 0 Å². The van der Waals surface area contributed by atoms with Gasteiger partial charge in [-0.3, -0.25) is 9.59 Å². The van der Waals surface area contributed by atoms with Crippen molar-refractivity contribution in [1.29, 1.82) is 0 Å². The van der Waals surface area contributed by atoms with Gasteiger partial charge in [-0.15, -0.1) is 0 Å². The molecule has 0 aromatic rings. The Bertz CT molecular complexity index is 821. The molecule has 4 nitrogen and oxygen atoms in total. The lowest BCUT2D eigenvalue weighted by molar-refractivity contribution is -0.223. The highest BCUT2D eigenvalue weighted by Gasteiger charge is 2.83. The summed E-state index contributed by atoms with van der Waals surface area (Å²) < 4.78 is 6.20. The molecule has 11 atom stereocenters. The Hall–Kier alpha value is -0.900. The Balaban J connectivity index is 1.32. The first-order valence-corrected chi connectivity index (χ1v) is 11.7. The van der Waals surface area contributed by atoms with E-state index < -0.39 is 5.60 Å². The Morgan fingerprint density at radius 3 is 2.46 bits per heavy atom. The molecule has 1 heterocycles. The normalized spacial score (nSPS) is 65.8. The molecule has 4 heteroatoms. The van der Waals surface area contributed by atoms with E-state index in [2.05, 4.69) is 13.8 Å². The van der Waals surface area contributed by atoms with E-state index in [1.165, 1.54) is 6.42 Å². The molecular weight excluding hydrogens is 352 g/mol. The SMILES string of the molecule is CC12CCC(=O)C[C@@]1(O)C1C[C@@H]1C1C2CC[C@@]2(C)C1[C@@H]1C[C@@H]1[C@@]21CCC(=O)O1. The molecule has 5 unspecified atom stereocenters. The van der Waals surface area contributed by atoms with Gasteiger partial charge in [0.15, 0.2) is 0 Å². The van der Waals surface area contributed by atoms with Crippen molar-refractivity contribution in [2.45, 2.75) is 82.8 Å². The summed E-state index contributed by atoms with van der Waals surface area (Å²) in [6.07, 6.45) is 8.04. The quantitative estimate of drug-likeness (QED) is 0.649. The molecule has 6 aliphatic carbocycles. The highest BCUT2D eigenvalue weighted by Crippen LogP contribution is 2.83. The first kappa shape index (κ1) is 16.8. The maximum absolute atomic E-state index is 12.3. The number of hydrogen-bond donors (Lipinski definition) is 1. The summed E-state index contributed by atoms with van der Waals surface area (Å²) in [5, 5.41) is 11.8. The van der Waals surface area contributed by atoms with Crippen LogP contribution in [-0.4, -0.2) is 28.1 Å². The lowest BCUT2D eigenvalue weighted by Crippen LogP contribution is -2.65. The van der Waals surface area contributed by atoms with Gasteiger partial charge in [0.25, 0.3) is 0 Å². The zero-order valence-electron chi connectivity index (χ0n) is 17.1. The standard InChI is InChI=1S/C24H32O4/c1-21-6-3-12(25)11-23(21,27)16-9-13(16)19-15(21)4-7-22(2)20(19)14-10-17(14)24(22)8-5-18(26)28-24/h13-17,19-20,27H,3-11H2,1-2H3/t13-,14+,15?,16?,17-,19?,20?,21?,22-,23+,24-/m0/s1. The van der Waals surface area contributed by atoms with Gasteiger partial charge in [0.05, 0.1) is 5.60 Å². The van der Waals surface area contributed by atoms with Crippen LogP contribution in [0.1, 0.15) is 71.6 Å². The molecule has 0 aromatic carbocycles. The summed E-state index contributed by atoms with van der Waals surface area (Å²) >= 11 is 0. The maximum atomic E-state index is 12.3. The van der Waals surface area contributed by atoms with Crippen molar-refractivity contribution < 1.29 is 19.4 Å². The molecule has 0 aromatic heterocycles. The molecule has 1 saturated heterocycles. The number of carbonyl (C=O) groups is 2. The highest BCUT2D eigenvalue weighted by molar-refractivity contribution is 5.81. The third-order valence-electron chi connectivity index (χ3n) is 11.6. The molecule has 28 heavy (non-hydrogen) atoms. The van der Waals surface area contributed by atoms with Gasteiger partial charge in [0, 0.05) is 36.0 Å². The van der Waals surface area contributed by atoms with Crippen molar-refractivity contribution in [2.24, 2.45) is 52.3 Å². The monoisotopic (exact) mass is 384 g/mol. The Morgan fingerprint density at radius 2 is 1.71 bits per heavy atom. The van der Waals surface area contributed by atoms with Crippen LogP contribution in [0.2, 0.25) is 0 Å². The third kappa shape index (κ3) is 1.55. The number of ketones is 1. The molecule has 1 aliphatic heterocycles. The Labute approximate surface area is 166 Å². The minimum absolute atomic E-state index is 0.0229. The summed E-state index contributed by atoms with van der Waals surface area (Å²) in [6, 6.07) is 0. The van der Waals surface area contributed by atoms with Crippen LogP contribution in [0.4, 0.5) is 0 Å². The average Bonchev–Trinajstić information content (AvgIpc) is 3.54. The van der Waals surface area contributed by atoms with Crippen molar-refractivity contribution in [3.63, 3.8) is 0 Å². The van der Waals surface area contributed by atoms with Crippen molar-refractivity contribution in [3.05, 3.63) is 0 Å². The van der Waals surface area contributed by atoms with E-state index in [4.69, 9.17) is 4.74 Å². The molecule has 7 aliphatic rings. The van der Waals surface area contributed by atoms with Gasteiger partial charge in [0.2, 0.25) is 0 Å². The lowest BCUT2D eigenvalue weighted by atomic mass is 9.42. The average molecular weight is 385 g/mol. The van der Waals surface area contributed by atoms with Crippen LogP contribution in [-0.2, 0) is 14.3 Å². The maximum Gasteiger partial charge on any atom is 0.306 e. The number of rotatable bonds is 0. The van der Waals surface area contributed by atoms with Gasteiger partial charge in [-0.05, 0) is 74.0 Å². The number of aliphatic hydroxyl groups is 1. The predicted molar refractivity (Wildman–Crippen MR) is 101 cm³/mol. The van der Waals surface area contributed by atoms with Crippen LogP contribution in [0, 0.1) is 52.3 Å². The van der Waals surface area contributed by atoms with E-state index >= 15 is 0 Å². The van der Waals surface area contributed by atoms with E-state index in [1.54, 1.807) is 0 Å². The molecule has 152 valence electrons. The smallest absolute Gasteiger partial charge is 0.306 e. The second-order valence-corrected chi connectivity index (χ2v) is 12.1. The first-order valence-electron chi connectivity index (χ1n) is 11.7. The number of fused-ring (bicyclic) bond motifs is 12. The summed E-state index contributed by atoms with van der Waals surface area (Å²) in [6.45, 7) is 4.77. The number of ether oxygens (including phenoxy) is 1. The number of carbonyl (C=O) groups excluding carboxylic acids is 2. The Kier molecular flexibility index (Phi) is 2.74. The summed E-state index contributed by atoms with van der Waals surface area (Å²) in [4.78, 5) is 24.4. The fraction of sp³-hybridized carbons (Fsp3) is 0.917. The highest BCUT2D eigenvalue weighted by atomic mass is 16.6. The Morgan fingerprint density at radius 1 is 0.929 bits per heavy atom. The largest absolute Gasteiger partial charge is 0.458 e. The van der Waals surface area contributed by atoms with Crippen molar-refractivity contribution in [3.8, 4) is 0 Å². The molecule has 0 bridgehead atoms. The number of hydrogen-bond acceptors (Lipinski definition) is 4. The zero-order valence-corrected chi connectivity index (χ0v) is 17.1. The second-order valence-electron chi connectivity index (χ2n) is 12.1. The van der Waals surface area contributed by atoms with Gasteiger partial charge in [-0.2, -0.15) is 0 Å². The van der Waals surface area contributed by atoms with E-state index in [0.29, 0.717) is 54.8 Å². The molecule has 7 fully saturated rings. The second kappa shape index (κ2) is 4.55. The molecule has 6 saturated carbocycles. The predicted octanol–water partition coefficient (Wildman–Crippen LogP) is 3.50. The van der Waals surface area contributed by atoms with Crippen molar-refractivity contribution in [1.82, 2.24) is 0 Å². The van der Waals surface area contributed by atoms with Crippen LogP contribution in [0.3, 0.4) is 0 Å². The molecular formula is C24H32O4. The van der Waals surface area contributed by atoms with Crippen molar-refractivity contribution in [2.75, 3.05) is 0 Å². The fourth-order valence-corrected chi connectivity index (χ4v) is 10.3. The van der Waals surface area contributed by atoms with Crippen LogP contribution < -0.4 is 0 Å². The van der Waals surface area contributed by atoms with E-state index in [-0.39, 0.29) is 28.2 Å². The fourth-order valence-electron chi connectivity index (χ4n) is 10.3. The van der Waals surface area contributed by atoms with Gasteiger partial charge in [0.1, 0.15) is 11.4 Å². The molecule has 0 radical (unpaired) electrons. The summed E-state index contributed by atoms with van der Waals surface area (Å²) in [5.74, 6) is 4.36. The lowest BCUT2D eigenvalue weighted by Gasteiger charge is -2.64. The van der Waals surface area contributed by atoms with Crippen LogP contribution in [0.25, 0.3) is 0 Å². The topological polar surface area (TPSA) is 63.6 Å². The van der Waals surface area contributed by atoms with Crippen LogP contribution in [0.5, 0.6) is 0 Å². The number of Topliss-reactive ketones (excluding diaryl/α,β-unsaturated/α-hetero) is 1. The third-order valence-corrected chi connectivity index (χ3v) is 11.6. The van der Waals surface area contributed by atoms with Crippen molar-refractivity contribution >= 4 is 11.8 Å². The molecule has 7 rings (SSSR count). The molecule has 0 amide bonds. The van der Waals surface area contributed by atoms with Gasteiger partial charge >= 0.3 is 5.97 Å². The summed E-state index contributed by atoms with van der Waals surface area (Å²) in [5.41, 5.74) is -0.943. The van der Waals surface area contributed by atoms with Gasteiger partial charge in [-0.1, -0.05) is 13.8 Å². The van der Waals surface area contributed by atoms with Crippen LogP contribution >= 0.6 is 0 Å². The van der Waals surface area contributed by atoms with E-state index in [9.17, 15) is 14.7 Å². The molecule has 1 N–H and O–H groups in total.